The van der Waals surface area contributed by atoms with E-state index < -0.39 is 0 Å². The summed E-state index contributed by atoms with van der Waals surface area (Å²) < 4.78 is 4.77. The Balaban J connectivity index is 2.24. The van der Waals surface area contributed by atoms with Gasteiger partial charge in [-0.25, -0.2) is 4.79 Å². The summed E-state index contributed by atoms with van der Waals surface area (Å²) in [5, 5.41) is 0. The van der Waals surface area contributed by atoms with Gasteiger partial charge in [-0.3, -0.25) is 0 Å². The minimum atomic E-state index is -0.236. The lowest BCUT2D eigenvalue weighted by Gasteiger charge is -2.29. The van der Waals surface area contributed by atoms with Crippen LogP contribution in [-0.2, 0) is 23.1 Å². The molecule has 1 amide bonds. The van der Waals surface area contributed by atoms with Crippen LogP contribution in [0.4, 0.5) is 4.79 Å². The molecule has 0 aromatic heterocycles. The third-order valence-electron chi connectivity index (χ3n) is 3.52. The monoisotopic (exact) mass is 247 g/mol. The molecule has 0 aliphatic carbocycles. The Bertz CT molecular complexity index is 460. The van der Waals surface area contributed by atoms with Crippen molar-refractivity contribution in [1.82, 2.24) is 4.90 Å². The molecule has 0 bridgehead atoms. The van der Waals surface area contributed by atoms with Gasteiger partial charge in [0.25, 0.3) is 0 Å². The Kier molecular flexibility index (Phi) is 3.33. The van der Waals surface area contributed by atoms with Crippen LogP contribution >= 0.6 is 0 Å². The van der Waals surface area contributed by atoms with Crippen LogP contribution in [0, 0.1) is 0 Å². The highest BCUT2D eigenvalue weighted by Gasteiger charge is 2.22. The zero-order valence-electron chi connectivity index (χ0n) is 11.6. The van der Waals surface area contributed by atoms with Gasteiger partial charge >= 0.3 is 6.09 Å². The molecule has 3 heteroatoms. The second-order valence-electron chi connectivity index (χ2n) is 5.88. The molecular formula is C15H21NO2. The van der Waals surface area contributed by atoms with Gasteiger partial charge in [0.05, 0.1) is 7.11 Å². The summed E-state index contributed by atoms with van der Waals surface area (Å²) in [6, 6.07) is 6.59. The highest BCUT2D eigenvalue weighted by atomic mass is 16.5. The van der Waals surface area contributed by atoms with E-state index in [1.165, 1.54) is 23.8 Å². The van der Waals surface area contributed by atoms with Crippen LogP contribution in [0.25, 0.3) is 0 Å². The standard InChI is InChI=1S/C15H21NO2/c1-15(2,3)13-6-5-12-10-16(14(17)18-4)8-7-11(12)9-13/h5-6,9H,7-8,10H2,1-4H3. The number of hydrogen-bond donors (Lipinski definition) is 0. The average Bonchev–Trinajstić information content (AvgIpc) is 2.35. The fraction of sp³-hybridized carbons (Fsp3) is 0.533. The van der Waals surface area contributed by atoms with Gasteiger partial charge in [0, 0.05) is 13.1 Å². The van der Waals surface area contributed by atoms with Gasteiger partial charge in [-0.2, -0.15) is 0 Å². The Morgan fingerprint density at radius 2 is 2.00 bits per heavy atom. The predicted molar refractivity (Wildman–Crippen MR) is 71.7 cm³/mol. The van der Waals surface area contributed by atoms with Crippen molar-refractivity contribution in [2.45, 2.75) is 39.2 Å². The highest BCUT2D eigenvalue weighted by Crippen LogP contribution is 2.27. The van der Waals surface area contributed by atoms with Gasteiger partial charge in [0.2, 0.25) is 0 Å². The average molecular weight is 247 g/mol. The highest BCUT2D eigenvalue weighted by molar-refractivity contribution is 5.68. The maximum atomic E-state index is 11.5. The zero-order chi connectivity index (χ0) is 13.3. The third kappa shape index (κ3) is 2.50. The summed E-state index contributed by atoms with van der Waals surface area (Å²) in [6.07, 6.45) is 0.675. The number of carbonyl (C=O) groups excluding carboxylic acids is 1. The molecule has 0 saturated carbocycles. The molecule has 18 heavy (non-hydrogen) atoms. The van der Waals surface area contributed by atoms with Crippen LogP contribution in [0.15, 0.2) is 18.2 Å². The fourth-order valence-electron chi connectivity index (χ4n) is 2.30. The van der Waals surface area contributed by atoms with Crippen molar-refractivity contribution < 1.29 is 9.53 Å². The van der Waals surface area contributed by atoms with Crippen molar-refractivity contribution in [3.05, 3.63) is 34.9 Å². The summed E-state index contributed by atoms with van der Waals surface area (Å²) in [5.41, 5.74) is 4.13. The van der Waals surface area contributed by atoms with Gasteiger partial charge in [-0.15, -0.1) is 0 Å². The second kappa shape index (κ2) is 4.63. The Hall–Kier alpha value is -1.51. The van der Waals surface area contributed by atoms with Crippen molar-refractivity contribution >= 4 is 6.09 Å². The van der Waals surface area contributed by atoms with E-state index in [0.29, 0.717) is 6.54 Å². The Morgan fingerprint density at radius 1 is 1.28 bits per heavy atom. The van der Waals surface area contributed by atoms with Gasteiger partial charge in [0.15, 0.2) is 0 Å². The van der Waals surface area contributed by atoms with Gasteiger partial charge < -0.3 is 9.64 Å². The lowest BCUT2D eigenvalue weighted by Crippen LogP contribution is -2.36. The molecule has 98 valence electrons. The van der Waals surface area contributed by atoms with Crippen LogP contribution < -0.4 is 0 Å². The molecule has 2 rings (SSSR count). The molecule has 1 aromatic rings. The lowest BCUT2D eigenvalue weighted by atomic mass is 9.84. The summed E-state index contributed by atoms with van der Waals surface area (Å²) >= 11 is 0. The number of methoxy groups -OCH3 is 1. The van der Waals surface area contributed by atoms with Crippen LogP contribution in [0.1, 0.15) is 37.5 Å². The van der Waals surface area contributed by atoms with Crippen LogP contribution in [0.5, 0.6) is 0 Å². The number of benzene rings is 1. The quantitative estimate of drug-likeness (QED) is 0.705. The molecule has 0 radical (unpaired) electrons. The smallest absolute Gasteiger partial charge is 0.409 e. The topological polar surface area (TPSA) is 29.5 Å². The van der Waals surface area contributed by atoms with Crippen molar-refractivity contribution in [1.29, 1.82) is 0 Å². The first kappa shape index (κ1) is 12.9. The number of ether oxygens (including phenoxy) is 1. The van der Waals surface area contributed by atoms with Crippen LogP contribution in [0.3, 0.4) is 0 Å². The molecule has 1 aliphatic heterocycles. The summed E-state index contributed by atoms with van der Waals surface area (Å²) in [6.45, 7) is 8.06. The van der Waals surface area contributed by atoms with Crippen molar-refractivity contribution in [3.8, 4) is 0 Å². The van der Waals surface area contributed by atoms with E-state index in [4.69, 9.17) is 4.74 Å². The lowest BCUT2D eigenvalue weighted by molar-refractivity contribution is 0.118. The summed E-state index contributed by atoms with van der Waals surface area (Å²) in [5.74, 6) is 0. The van der Waals surface area contributed by atoms with E-state index in [-0.39, 0.29) is 11.5 Å². The SMILES string of the molecule is COC(=O)N1CCc2cc(C(C)(C)C)ccc2C1. The predicted octanol–water partition coefficient (Wildman–Crippen LogP) is 3.11. The van der Waals surface area contributed by atoms with Crippen molar-refractivity contribution in [2.24, 2.45) is 0 Å². The molecule has 0 spiro atoms. The normalized spacial score (nSPS) is 15.2. The minimum Gasteiger partial charge on any atom is -0.453 e. The second-order valence-corrected chi connectivity index (χ2v) is 5.88. The molecule has 0 fully saturated rings. The largest absolute Gasteiger partial charge is 0.453 e. The van der Waals surface area contributed by atoms with Gasteiger partial charge in [-0.05, 0) is 28.5 Å². The molecule has 1 aromatic carbocycles. The van der Waals surface area contributed by atoms with Gasteiger partial charge in [-0.1, -0.05) is 39.0 Å². The van der Waals surface area contributed by atoms with E-state index in [1.807, 2.05) is 0 Å². The summed E-state index contributed by atoms with van der Waals surface area (Å²) in [4.78, 5) is 13.3. The molecule has 0 N–H and O–H groups in total. The molecule has 3 nitrogen and oxygen atoms in total. The molecule has 1 aliphatic rings. The van der Waals surface area contributed by atoms with E-state index in [1.54, 1.807) is 4.90 Å². The number of rotatable bonds is 0. The Morgan fingerprint density at radius 3 is 2.61 bits per heavy atom. The zero-order valence-corrected chi connectivity index (χ0v) is 11.6. The first-order valence-corrected chi connectivity index (χ1v) is 6.37. The number of amides is 1. The van der Waals surface area contributed by atoms with E-state index in [0.717, 1.165) is 13.0 Å². The minimum absolute atomic E-state index is 0.175. The number of carbonyl (C=O) groups is 1. The molecule has 0 saturated heterocycles. The fourth-order valence-corrected chi connectivity index (χ4v) is 2.30. The maximum absolute atomic E-state index is 11.5. The molecule has 0 unspecified atom stereocenters. The van der Waals surface area contributed by atoms with Gasteiger partial charge in [0.1, 0.15) is 0 Å². The van der Waals surface area contributed by atoms with E-state index in [2.05, 4.69) is 39.0 Å². The van der Waals surface area contributed by atoms with E-state index in [9.17, 15) is 4.79 Å². The molecular weight excluding hydrogens is 226 g/mol. The summed E-state index contributed by atoms with van der Waals surface area (Å²) in [7, 11) is 1.43. The number of hydrogen-bond acceptors (Lipinski definition) is 2. The first-order chi connectivity index (χ1) is 8.41. The van der Waals surface area contributed by atoms with Crippen molar-refractivity contribution in [2.75, 3.05) is 13.7 Å². The van der Waals surface area contributed by atoms with E-state index >= 15 is 0 Å². The van der Waals surface area contributed by atoms with Crippen LogP contribution in [0.2, 0.25) is 0 Å². The first-order valence-electron chi connectivity index (χ1n) is 6.37. The third-order valence-corrected chi connectivity index (χ3v) is 3.52. The maximum Gasteiger partial charge on any atom is 0.409 e. The Labute approximate surface area is 109 Å². The van der Waals surface area contributed by atoms with Crippen molar-refractivity contribution in [3.63, 3.8) is 0 Å². The molecule has 0 atom stereocenters. The number of fused-ring (bicyclic) bond motifs is 1. The number of nitrogens with zero attached hydrogens (tertiary/aromatic N) is 1. The molecule has 1 heterocycles. The van der Waals surface area contributed by atoms with Crippen LogP contribution in [-0.4, -0.2) is 24.6 Å².